The zero-order chi connectivity index (χ0) is 27.8. The van der Waals surface area contributed by atoms with Crippen LogP contribution in [0.25, 0.3) is 21.7 Å². The molecule has 6 rings (SSSR count). The van der Waals surface area contributed by atoms with Gasteiger partial charge in [0.15, 0.2) is 5.76 Å². The van der Waals surface area contributed by atoms with Crippen molar-refractivity contribution in [1.29, 1.82) is 0 Å². The number of likely N-dealkylation sites (N-methyl/N-ethyl adjacent to an activating group) is 1. The number of anilines is 1. The Kier molecular flexibility index (Phi) is 7.27. The average molecular weight is 563 g/mol. The lowest BCUT2D eigenvalue weighted by Crippen LogP contribution is -2.48. The highest BCUT2D eigenvalue weighted by atomic mass is 35.5. The Morgan fingerprint density at radius 1 is 1.05 bits per heavy atom. The van der Waals surface area contributed by atoms with Crippen LogP contribution < -0.4 is 20.1 Å². The third-order valence-electron chi connectivity index (χ3n) is 7.60. The van der Waals surface area contributed by atoms with Crippen LogP contribution in [0.2, 0.25) is 0 Å². The third kappa shape index (κ3) is 4.85. The van der Waals surface area contributed by atoms with Gasteiger partial charge in [-0.2, -0.15) is 0 Å². The first-order valence-electron chi connectivity index (χ1n) is 13.4. The van der Waals surface area contributed by atoms with Crippen LogP contribution in [0.1, 0.15) is 22.0 Å². The number of rotatable bonds is 6. The minimum Gasteiger partial charge on any atom is -0.492 e. The number of hydrogen-bond acceptors (Lipinski definition) is 7. The van der Waals surface area contributed by atoms with E-state index in [-0.39, 0.29) is 17.6 Å². The molecule has 1 aromatic heterocycles. The Morgan fingerprint density at radius 3 is 2.58 bits per heavy atom. The van der Waals surface area contributed by atoms with Crippen LogP contribution in [0.15, 0.2) is 59.0 Å². The number of piperazine rings is 1. The summed E-state index contributed by atoms with van der Waals surface area (Å²) in [5.41, 5.74) is 7.76. The number of benzene rings is 3. The van der Waals surface area contributed by atoms with Gasteiger partial charge in [-0.25, -0.2) is 4.79 Å². The first kappa shape index (κ1) is 26.4. The number of carbonyl (C=O) groups is 2. The third-order valence-corrected chi connectivity index (χ3v) is 7.98. The van der Waals surface area contributed by atoms with Crippen molar-refractivity contribution in [3.63, 3.8) is 0 Å². The number of hydrogen-bond donors (Lipinski definition) is 1. The predicted octanol–water partition coefficient (Wildman–Crippen LogP) is 4.65. The fraction of sp³-hybridized carbons (Fsp3) is 0.333. The Hall–Kier alpha value is -3.79. The molecule has 0 unspecified atom stereocenters. The van der Waals surface area contributed by atoms with Crippen molar-refractivity contribution in [1.82, 2.24) is 9.80 Å². The van der Waals surface area contributed by atoms with E-state index >= 15 is 0 Å². The van der Waals surface area contributed by atoms with Crippen LogP contribution in [-0.2, 0) is 0 Å². The zero-order valence-corrected chi connectivity index (χ0v) is 23.0. The number of carbonyl (C=O) groups excluding carboxylic acids is 2. The van der Waals surface area contributed by atoms with Crippen molar-refractivity contribution in [2.45, 2.75) is 5.92 Å². The summed E-state index contributed by atoms with van der Waals surface area (Å²) in [7, 11) is 2.03. The second kappa shape index (κ2) is 11.0. The first-order chi connectivity index (χ1) is 19.5. The maximum Gasteiger partial charge on any atom is 0.415 e. The van der Waals surface area contributed by atoms with Crippen molar-refractivity contribution in [3.8, 4) is 11.5 Å². The molecule has 208 valence electrons. The van der Waals surface area contributed by atoms with Crippen molar-refractivity contribution >= 4 is 51.0 Å². The normalized spacial score (nSPS) is 17.4. The minimum atomic E-state index is -0.395. The molecule has 1 fully saturated rings. The van der Waals surface area contributed by atoms with Crippen molar-refractivity contribution < 1.29 is 23.5 Å². The van der Waals surface area contributed by atoms with Gasteiger partial charge >= 0.3 is 6.09 Å². The van der Waals surface area contributed by atoms with E-state index in [1.165, 1.54) is 0 Å². The number of furan rings is 1. The van der Waals surface area contributed by atoms with Crippen LogP contribution in [0.4, 0.5) is 10.5 Å². The molecule has 1 atom stereocenters. The molecule has 40 heavy (non-hydrogen) atoms. The molecule has 2 N–H and O–H groups in total. The van der Waals surface area contributed by atoms with E-state index in [9.17, 15) is 9.59 Å². The molecule has 0 bridgehead atoms. The Labute approximate surface area is 236 Å². The van der Waals surface area contributed by atoms with Gasteiger partial charge in [0.1, 0.15) is 23.7 Å². The van der Waals surface area contributed by atoms with Crippen LogP contribution in [0.5, 0.6) is 11.5 Å². The van der Waals surface area contributed by atoms with Gasteiger partial charge in [-0.15, -0.1) is 11.6 Å². The van der Waals surface area contributed by atoms with Crippen LogP contribution in [-0.4, -0.2) is 80.6 Å². The lowest BCUT2D eigenvalue weighted by molar-refractivity contribution is 0.0964. The fourth-order valence-corrected chi connectivity index (χ4v) is 5.74. The molecule has 0 radical (unpaired) electrons. The molecule has 2 aliphatic heterocycles. The molecule has 2 aliphatic rings. The van der Waals surface area contributed by atoms with Gasteiger partial charge in [-0.1, -0.05) is 24.3 Å². The molecule has 0 aliphatic carbocycles. The molecule has 1 saturated heterocycles. The summed E-state index contributed by atoms with van der Waals surface area (Å²) in [4.78, 5) is 32.5. The van der Waals surface area contributed by atoms with Crippen LogP contribution >= 0.6 is 11.6 Å². The molecule has 0 spiro atoms. The van der Waals surface area contributed by atoms with E-state index < -0.39 is 6.09 Å². The second-order valence-corrected chi connectivity index (χ2v) is 10.5. The molecule has 0 saturated carbocycles. The minimum absolute atomic E-state index is 0.0893. The fourth-order valence-electron chi connectivity index (χ4n) is 5.49. The smallest absolute Gasteiger partial charge is 0.415 e. The highest BCUT2D eigenvalue weighted by molar-refractivity contribution is 6.19. The summed E-state index contributed by atoms with van der Waals surface area (Å²) in [6.07, 6.45) is -0.395. The Morgan fingerprint density at radius 2 is 1.82 bits per heavy atom. The summed E-state index contributed by atoms with van der Waals surface area (Å²) in [5.74, 6) is 1.23. The van der Waals surface area contributed by atoms with E-state index in [0.717, 1.165) is 34.8 Å². The summed E-state index contributed by atoms with van der Waals surface area (Å²) in [6, 6.07) is 16.7. The van der Waals surface area contributed by atoms with Gasteiger partial charge in [-0.3, -0.25) is 4.79 Å². The number of ether oxygens (including phenoxy) is 2. The largest absolute Gasteiger partial charge is 0.492 e. The highest BCUT2D eigenvalue weighted by Gasteiger charge is 2.36. The summed E-state index contributed by atoms with van der Waals surface area (Å²) < 4.78 is 17.5. The summed E-state index contributed by atoms with van der Waals surface area (Å²) in [5, 5.41) is 2.47. The molecule has 3 heterocycles. The molecule has 10 heteroatoms. The molecule has 9 nitrogen and oxygen atoms in total. The van der Waals surface area contributed by atoms with Crippen LogP contribution in [0.3, 0.4) is 0 Å². The van der Waals surface area contributed by atoms with E-state index in [0.29, 0.717) is 61.4 Å². The van der Waals surface area contributed by atoms with Crippen molar-refractivity contribution in [2.75, 3.05) is 63.7 Å². The summed E-state index contributed by atoms with van der Waals surface area (Å²) in [6.45, 7) is 3.97. The van der Waals surface area contributed by atoms with Gasteiger partial charge in [0.2, 0.25) is 0 Å². The van der Waals surface area contributed by atoms with Crippen molar-refractivity contribution in [2.24, 2.45) is 5.73 Å². The quantitative estimate of drug-likeness (QED) is 0.341. The van der Waals surface area contributed by atoms with Gasteiger partial charge in [0.25, 0.3) is 5.91 Å². The van der Waals surface area contributed by atoms with E-state index in [1.54, 1.807) is 34.1 Å². The molecular formula is C30H31ClN4O5. The standard InChI is InChI=1S/C30H31ClN4O5/c1-33-9-11-34(12-10-33)30(37)40-26-16-24-28(23-5-3-2-4-22(23)26)20(17-31)18-35(24)29(36)27-15-19-14-21(38-13-8-32)6-7-25(19)39-27/h2-7,14-16,20H,8-13,17-18,32H2,1H3/t20-/m1/s1. The highest BCUT2D eigenvalue weighted by Crippen LogP contribution is 2.46. The maximum absolute atomic E-state index is 13.9. The zero-order valence-electron chi connectivity index (χ0n) is 22.3. The Balaban J connectivity index is 1.36. The molecule has 2 amide bonds. The second-order valence-electron chi connectivity index (χ2n) is 10.2. The Bertz CT molecular complexity index is 1580. The molecule has 4 aromatic rings. The average Bonchev–Trinajstić information content (AvgIpc) is 3.57. The number of halogens is 1. The predicted molar refractivity (Wildman–Crippen MR) is 155 cm³/mol. The summed E-state index contributed by atoms with van der Waals surface area (Å²) >= 11 is 6.43. The molecular weight excluding hydrogens is 532 g/mol. The van der Waals surface area contributed by atoms with Gasteiger partial charge < -0.3 is 34.3 Å². The lowest BCUT2D eigenvalue weighted by atomic mass is 9.95. The number of fused-ring (bicyclic) bond motifs is 4. The monoisotopic (exact) mass is 562 g/mol. The van der Waals surface area contributed by atoms with E-state index in [1.807, 2.05) is 37.4 Å². The van der Waals surface area contributed by atoms with Gasteiger partial charge in [0, 0.05) is 67.9 Å². The van der Waals surface area contributed by atoms with E-state index in [2.05, 4.69) is 4.90 Å². The number of amides is 2. The van der Waals surface area contributed by atoms with Crippen LogP contribution in [0, 0.1) is 0 Å². The lowest BCUT2D eigenvalue weighted by Gasteiger charge is -2.31. The van der Waals surface area contributed by atoms with Gasteiger partial charge in [0.05, 0.1) is 5.69 Å². The SMILES string of the molecule is CN1CCN(C(=O)Oc2cc3c(c4ccccc24)[C@H](CCl)CN3C(=O)c2cc3cc(OCCN)ccc3o2)CC1. The van der Waals surface area contributed by atoms with Crippen molar-refractivity contribution in [3.05, 3.63) is 65.9 Å². The molecule has 3 aromatic carbocycles. The van der Waals surface area contributed by atoms with Gasteiger partial charge in [-0.05, 0) is 42.3 Å². The first-order valence-corrected chi connectivity index (χ1v) is 14.0. The number of nitrogens with two attached hydrogens (primary N) is 1. The van der Waals surface area contributed by atoms with E-state index in [4.69, 9.17) is 31.2 Å². The number of alkyl halides is 1. The maximum atomic E-state index is 13.9. The topological polar surface area (TPSA) is 101 Å². The number of nitrogens with zero attached hydrogens (tertiary/aromatic N) is 3.